The van der Waals surface area contributed by atoms with E-state index < -0.39 is 0 Å². The van der Waals surface area contributed by atoms with Gasteiger partial charge >= 0.3 is 0 Å². The third kappa shape index (κ3) is 3.29. The molecule has 3 rings (SSSR count). The molecule has 2 aromatic heterocycles. The number of nitrogens with two attached hydrogens (primary N) is 1. The van der Waals surface area contributed by atoms with E-state index in [9.17, 15) is 9.59 Å². The maximum atomic E-state index is 12.0. The monoisotopic (exact) mass is 332 g/mol. The summed E-state index contributed by atoms with van der Waals surface area (Å²) in [6, 6.07) is 1.97. The molecule has 2 aromatic rings. The van der Waals surface area contributed by atoms with Gasteiger partial charge in [-0.25, -0.2) is 0 Å². The molecule has 0 aliphatic carbocycles. The summed E-state index contributed by atoms with van der Waals surface area (Å²) in [7, 11) is 0. The number of hydrogen-bond acceptors (Lipinski definition) is 6. The van der Waals surface area contributed by atoms with Crippen LogP contribution in [0, 0.1) is 12.8 Å². The Morgan fingerprint density at radius 1 is 1.52 bits per heavy atom. The molecule has 0 fully saturated rings. The maximum absolute atomic E-state index is 12.0. The largest absolute Gasteiger partial charge is 0.369 e. The second-order valence-electron chi connectivity index (χ2n) is 6.04. The van der Waals surface area contributed by atoms with Crippen molar-refractivity contribution in [2.45, 2.75) is 33.1 Å². The summed E-state index contributed by atoms with van der Waals surface area (Å²) in [5.41, 5.74) is 7.27. The second-order valence-corrected chi connectivity index (χ2v) is 7.18. The number of fused-ring (bicyclic) bond motifs is 1. The number of hydrogen-bond donors (Lipinski definition) is 3. The number of carbonyl (C=O) groups is 1. The van der Waals surface area contributed by atoms with Gasteiger partial charge in [-0.05, 0) is 50.7 Å². The van der Waals surface area contributed by atoms with E-state index in [1.54, 1.807) is 18.3 Å². The quantitative estimate of drug-likeness (QED) is 0.745. The lowest BCUT2D eigenvalue weighted by molar-refractivity contribution is 0.102. The number of carbonyl (C=O) groups excluding carboxylic acids is 1. The number of thiophene rings is 1. The number of Topliss-reactive ketones (excluding diaryl/α,β-unsaturated/α-hetero) is 1. The van der Waals surface area contributed by atoms with Gasteiger partial charge in [-0.3, -0.25) is 14.6 Å². The van der Waals surface area contributed by atoms with Gasteiger partial charge in [0, 0.05) is 11.4 Å². The average molecular weight is 332 g/mol. The molecule has 0 spiro atoms. The van der Waals surface area contributed by atoms with Crippen molar-refractivity contribution >= 4 is 28.9 Å². The molecule has 6 nitrogen and oxygen atoms in total. The highest BCUT2D eigenvalue weighted by molar-refractivity contribution is 7.14. The van der Waals surface area contributed by atoms with Crippen molar-refractivity contribution < 1.29 is 4.79 Å². The highest BCUT2D eigenvalue weighted by atomic mass is 32.1. The first-order valence-corrected chi connectivity index (χ1v) is 8.48. The lowest BCUT2D eigenvalue weighted by atomic mass is 9.92. The first-order chi connectivity index (χ1) is 10.9. The van der Waals surface area contributed by atoms with E-state index in [1.165, 1.54) is 10.4 Å². The Morgan fingerprint density at radius 3 is 3.00 bits per heavy atom. The Bertz CT molecular complexity index is 809. The van der Waals surface area contributed by atoms with Crippen LogP contribution in [-0.4, -0.2) is 22.3 Å². The molecule has 23 heavy (non-hydrogen) atoms. The Hall–Kier alpha value is -2.15. The summed E-state index contributed by atoms with van der Waals surface area (Å²) in [6.45, 7) is 4.43. The number of anilines is 2. The Labute approximate surface area is 138 Å². The molecule has 0 aromatic carbocycles. The molecule has 0 unspecified atom stereocenters. The van der Waals surface area contributed by atoms with Gasteiger partial charge < -0.3 is 11.1 Å². The van der Waals surface area contributed by atoms with Crippen molar-refractivity contribution in [2.24, 2.45) is 5.92 Å². The van der Waals surface area contributed by atoms with Gasteiger partial charge in [0.25, 0.3) is 5.56 Å². The van der Waals surface area contributed by atoms with Crippen LogP contribution in [0.2, 0.25) is 0 Å². The molecule has 4 N–H and O–H groups in total. The van der Waals surface area contributed by atoms with Gasteiger partial charge in [-0.15, -0.1) is 11.3 Å². The number of aromatic amines is 1. The molecule has 3 heterocycles. The van der Waals surface area contributed by atoms with Gasteiger partial charge in [0.2, 0.25) is 5.95 Å². The van der Waals surface area contributed by atoms with Crippen LogP contribution in [0.5, 0.6) is 0 Å². The van der Waals surface area contributed by atoms with Gasteiger partial charge in [0.15, 0.2) is 5.78 Å². The SMILES string of the molecule is CC(=O)c1cc(C)c(CC[C@@H]2CNc3nc(N)[nH]c(=O)c3C2)s1. The van der Waals surface area contributed by atoms with E-state index in [0.717, 1.165) is 24.3 Å². The maximum Gasteiger partial charge on any atom is 0.257 e. The number of rotatable bonds is 4. The van der Waals surface area contributed by atoms with Crippen molar-refractivity contribution in [3.05, 3.63) is 37.3 Å². The van der Waals surface area contributed by atoms with Gasteiger partial charge in [0.05, 0.1) is 10.4 Å². The van der Waals surface area contributed by atoms with E-state index in [1.807, 2.05) is 13.0 Å². The van der Waals surface area contributed by atoms with Crippen molar-refractivity contribution in [3.63, 3.8) is 0 Å². The number of aryl methyl sites for hydroxylation is 2. The topological polar surface area (TPSA) is 101 Å². The zero-order valence-electron chi connectivity index (χ0n) is 13.2. The molecule has 0 amide bonds. The summed E-state index contributed by atoms with van der Waals surface area (Å²) in [5, 5.41) is 3.21. The Kier molecular flexibility index (Phi) is 4.21. The van der Waals surface area contributed by atoms with Crippen molar-refractivity contribution in [3.8, 4) is 0 Å². The normalized spacial score (nSPS) is 16.7. The Morgan fingerprint density at radius 2 is 2.30 bits per heavy atom. The van der Waals surface area contributed by atoms with E-state index in [0.29, 0.717) is 23.7 Å². The molecular weight excluding hydrogens is 312 g/mol. The molecule has 122 valence electrons. The van der Waals surface area contributed by atoms with Crippen molar-refractivity contribution in [2.75, 3.05) is 17.6 Å². The molecule has 1 aliphatic rings. The predicted octanol–water partition coefficient (Wildman–Crippen LogP) is 2.14. The molecule has 0 radical (unpaired) electrons. The molecule has 7 heteroatoms. The summed E-state index contributed by atoms with van der Waals surface area (Å²) in [4.78, 5) is 32.2. The fourth-order valence-electron chi connectivity index (χ4n) is 2.93. The highest BCUT2D eigenvalue weighted by Gasteiger charge is 2.22. The predicted molar refractivity (Wildman–Crippen MR) is 92.3 cm³/mol. The zero-order chi connectivity index (χ0) is 16.6. The minimum atomic E-state index is -0.157. The van der Waals surface area contributed by atoms with E-state index in [2.05, 4.69) is 15.3 Å². The standard InChI is InChI=1S/C16H20N4O2S/c1-8-5-13(9(2)21)23-12(8)4-3-10-6-11-14(18-7-10)19-16(17)20-15(11)22/h5,10H,3-4,6-7H2,1-2H3,(H4,17,18,19,20,22)/t10-/m0/s1. The average Bonchev–Trinajstić information content (AvgIpc) is 2.87. The molecule has 0 bridgehead atoms. The highest BCUT2D eigenvalue weighted by Crippen LogP contribution is 2.27. The van der Waals surface area contributed by atoms with Crippen LogP contribution in [-0.2, 0) is 12.8 Å². The molecule has 0 saturated carbocycles. The molecule has 0 saturated heterocycles. The third-order valence-corrected chi connectivity index (χ3v) is 5.63. The number of nitrogens with zero attached hydrogens (tertiary/aromatic N) is 1. The van der Waals surface area contributed by atoms with Gasteiger partial charge in [-0.2, -0.15) is 4.98 Å². The molecule has 1 aliphatic heterocycles. The fourth-order valence-corrected chi connectivity index (χ4v) is 4.02. The molecule has 1 atom stereocenters. The van der Waals surface area contributed by atoms with Crippen LogP contribution in [0.3, 0.4) is 0 Å². The van der Waals surface area contributed by atoms with Crippen LogP contribution in [0.4, 0.5) is 11.8 Å². The lowest BCUT2D eigenvalue weighted by Crippen LogP contribution is -2.30. The lowest BCUT2D eigenvalue weighted by Gasteiger charge is -2.24. The van der Waals surface area contributed by atoms with E-state index in [-0.39, 0.29) is 17.3 Å². The molecular formula is C16H20N4O2S. The van der Waals surface area contributed by atoms with Crippen molar-refractivity contribution in [1.82, 2.24) is 9.97 Å². The third-order valence-electron chi connectivity index (χ3n) is 4.23. The van der Waals surface area contributed by atoms with Crippen LogP contribution in [0.15, 0.2) is 10.9 Å². The number of H-pyrrole nitrogens is 1. The first kappa shape index (κ1) is 15.7. The second kappa shape index (κ2) is 6.16. The van der Waals surface area contributed by atoms with Crippen LogP contribution >= 0.6 is 11.3 Å². The fraction of sp³-hybridized carbons (Fsp3) is 0.438. The zero-order valence-corrected chi connectivity index (χ0v) is 14.0. The van der Waals surface area contributed by atoms with Crippen LogP contribution in [0.1, 0.15) is 39.0 Å². The van der Waals surface area contributed by atoms with E-state index >= 15 is 0 Å². The van der Waals surface area contributed by atoms with Gasteiger partial charge in [-0.1, -0.05) is 0 Å². The van der Waals surface area contributed by atoms with Crippen LogP contribution < -0.4 is 16.6 Å². The minimum absolute atomic E-state index is 0.118. The number of nitrogen functional groups attached to an aromatic ring is 1. The Balaban J connectivity index is 1.68. The number of nitrogens with one attached hydrogen (secondary N) is 2. The first-order valence-electron chi connectivity index (χ1n) is 7.67. The number of aromatic nitrogens is 2. The summed E-state index contributed by atoms with van der Waals surface area (Å²) in [6.07, 6.45) is 2.59. The number of ketones is 1. The minimum Gasteiger partial charge on any atom is -0.369 e. The van der Waals surface area contributed by atoms with Crippen LogP contribution in [0.25, 0.3) is 0 Å². The summed E-state index contributed by atoms with van der Waals surface area (Å²) < 4.78 is 0. The van der Waals surface area contributed by atoms with E-state index in [4.69, 9.17) is 5.73 Å². The van der Waals surface area contributed by atoms with Gasteiger partial charge in [0.1, 0.15) is 5.82 Å². The van der Waals surface area contributed by atoms with Crippen molar-refractivity contribution in [1.29, 1.82) is 0 Å². The summed E-state index contributed by atoms with van der Waals surface area (Å²) >= 11 is 1.58. The summed E-state index contributed by atoms with van der Waals surface area (Å²) in [5.74, 6) is 1.24. The smallest absolute Gasteiger partial charge is 0.257 e.